The molecule has 4 rings (SSSR count). The summed E-state index contributed by atoms with van der Waals surface area (Å²) in [6, 6.07) is 30.9. The first kappa shape index (κ1) is 24.1. The summed E-state index contributed by atoms with van der Waals surface area (Å²) in [5, 5.41) is 0.0448. The van der Waals surface area contributed by atoms with E-state index < -0.39 is 22.5 Å². The summed E-state index contributed by atoms with van der Waals surface area (Å²) in [6.07, 6.45) is 1.03. The molecule has 5 heteroatoms. The van der Waals surface area contributed by atoms with E-state index in [1.54, 1.807) is 4.90 Å². The van der Waals surface area contributed by atoms with Crippen molar-refractivity contribution in [3.63, 3.8) is 0 Å². The van der Waals surface area contributed by atoms with Crippen molar-refractivity contribution >= 4 is 24.1 Å². The van der Waals surface area contributed by atoms with Gasteiger partial charge in [0.2, 0.25) is 0 Å². The zero-order chi connectivity index (χ0) is 24.2. The van der Waals surface area contributed by atoms with Crippen molar-refractivity contribution in [3.8, 4) is 0 Å². The van der Waals surface area contributed by atoms with Gasteiger partial charge in [-0.15, -0.1) is 11.8 Å². The van der Waals surface area contributed by atoms with Gasteiger partial charge >= 0.3 is 6.09 Å². The Morgan fingerprint density at radius 2 is 1.29 bits per heavy atom. The highest BCUT2D eigenvalue weighted by Gasteiger charge is 2.44. The van der Waals surface area contributed by atoms with Gasteiger partial charge in [-0.25, -0.2) is 4.79 Å². The fraction of sp³-hybridized carbons (Fsp3) is 0.310. The minimum Gasteiger partial charge on any atom is -0.444 e. The lowest BCUT2D eigenvalue weighted by atomic mass is 9.84. The van der Waals surface area contributed by atoms with Crippen LogP contribution in [0.3, 0.4) is 0 Å². The number of thioether (sulfide) groups is 1. The van der Waals surface area contributed by atoms with Gasteiger partial charge in [-0.05, 0) is 43.9 Å². The molecule has 0 radical (unpaired) electrons. The molecule has 0 aromatic heterocycles. The number of hydrogen-bond donors (Lipinski definition) is 0. The number of ether oxygens (including phenoxy) is 1. The van der Waals surface area contributed by atoms with Gasteiger partial charge in [-0.1, -0.05) is 91.0 Å². The summed E-state index contributed by atoms with van der Waals surface area (Å²) in [4.78, 5) is 26.4. The smallest absolute Gasteiger partial charge is 0.410 e. The summed E-state index contributed by atoms with van der Waals surface area (Å²) in [6.45, 7) is 5.98. The lowest BCUT2D eigenvalue weighted by molar-refractivity contribution is -0.111. The molecule has 1 fully saturated rings. The highest BCUT2D eigenvalue weighted by Crippen LogP contribution is 2.52. The summed E-state index contributed by atoms with van der Waals surface area (Å²) in [5.74, 6) is 0. The van der Waals surface area contributed by atoms with Gasteiger partial charge < -0.3 is 9.53 Å². The van der Waals surface area contributed by atoms with E-state index >= 15 is 0 Å². The third kappa shape index (κ3) is 5.05. The fourth-order valence-electron chi connectivity index (χ4n) is 4.54. The molecule has 2 unspecified atom stereocenters. The van der Waals surface area contributed by atoms with Crippen molar-refractivity contribution in [2.75, 3.05) is 6.54 Å². The van der Waals surface area contributed by atoms with Crippen LogP contribution in [0.15, 0.2) is 91.0 Å². The normalized spacial score (nSPS) is 18.5. The van der Waals surface area contributed by atoms with E-state index in [9.17, 15) is 9.59 Å². The number of aldehydes is 1. The molecule has 1 aliphatic heterocycles. The highest BCUT2D eigenvalue weighted by atomic mass is 32.2. The van der Waals surface area contributed by atoms with Gasteiger partial charge in [0.15, 0.2) is 0 Å². The number of amides is 1. The van der Waals surface area contributed by atoms with E-state index in [1.165, 1.54) is 0 Å². The third-order valence-electron chi connectivity index (χ3n) is 5.97. The van der Waals surface area contributed by atoms with Crippen molar-refractivity contribution in [2.24, 2.45) is 0 Å². The van der Waals surface area contributed by atoms with Gasteiger partial charge in [0, 0.05) is 11.8 Å². The fourth-order valence-corrected chi connectivity index (χ4v) is 6.39. The molecule has 1 amide bonds. The Morgan fingerprint density at radius 1 is 0.853 bits per heavy atom. The average Bonchev–Trinajstić information content (AvgIpc) is 3.26. The Hall–Kier alpha value is -3.05. The van der Waals surface area contributed by atoms with Gasteiger partial charge in [-0.3, -0.25) is 4.90 Å². The number of carbonyl (C=O) groups excluding carboxylic acids is 2. The number of benzene rings is 3. The van der Waals surface area contributed by atoms with Crippen LogP contribution in [0.5, 0.6) is 0 Å². The van der Waals surface area contributed by atoms with E-state index in [4.69, 9.17) is 4.74 Å². The van der Waals surface area contributed by atoms with Gasteiger partial charge in [-0.2, -0.15) is 0 Å². The molecule has 3 aromatic rings. The zero-order valence-corrected chi connectivity index (χ0v) is 20.7. The van der Waals surface area contributed by atoms with Crippen LogP contribution in [0.25, 0.3) is 0 Å². The lowest BCUT2D eigenvalue weighted by Gasteiger charge is -2.37. The molecule has 1 aliphatic rings. The van der Waals surface area contributed by atoms with Crippen LogP contribution in [0, 0.1) is 0 Å². The number of carbonyl (C=O) groups is 2. The molecule has 0 spiro atoms. The van der Waals surface area contributed by atoms with Crippen LogP contribution in [0.4, 0.5) is 4.79 Å². The van der Waals surface area contributed by atoms with Crippen molar-refractivity contribution in [3.05, 3.63) is 108 Å². The SMILES string of the molecule is CC(C)(C)OC(=O)N1CC(SC(c2ccccc2)(c2ccccc2)c2ccccc2)CC1C=O. The largest absolute Gasteiger partial charge is 0.444 e. The van der Waals surface area contributed by atoms with E-state index in [1.807, 2.05) is 50.7 Å². The maximum Gasteiger partial charge on any atom is 0.410 e. The van der Waals surface area contributed by atoms with Crippen molar-refractivity contribution in [1.29, 1.82) is 0 Å². The number of hydrogen-bond acceptors (Lipinski definition) is 4. The number of likely N-dealkylation sites (tertiary alicyclic amines) is 1. The molecule has 0 bridgehead atoms. The molecule has 4 nitrogen and oxygen atoms in total. The van der Waals surface area contributed by atoms with Crippen molar-refractivity contribution < 1.29 is 14.3 Å². The van der Waals surface area contributed by atoms with E-state index in [-0.39, 0.29) is 5.25 Å². The Labute approximate surface area is 206 Å². The molecule has 176 valence electrons. The topological polar surface area (TPSA) is 46.6 Å². The standard InChI is InChI=1S/C29H31NO3S/c1-28(2,3)33-27(32)30-20-26(19-25(30)21-31)34-29(22-13-7-4-8-14-22,23-15-9-5-10-16-23)24-17-11-6-12-18-24/h4-18,21,25-26H,19-20H2,1-3H3. The second-order valence-corrected chi connectivity index (χ2v) is 11.1. The summed E-state index contributed by atoms with van der Waals surface area (Å²) in [7, 11) is 0. The van der Waals surface area contributed by atoms with Gasteiger partial charge in [0.25, 0.3) is 0 Å². The average molecular weight is 474 g/mol. The quantitative estimate of drug-likeness (QED) is 0.312. The third-order valence-corrected chi connectivity index (χ3v) is 7.71. The van der Waals surface area contributed by atoms with Gasteiger partial charge in [0.1, 0.15) is 11.9 Å². The second-order valence-electron chi connectivity index (χ2n) is 9.59. The lowest BCUT2D eigenvalue weighted by Crippen LogP contribution is -2.40. The van der Waals surface area contributed by atoms with Crippen molar-refractivity contribution in [2.45, 2.75) is 48.8 Å². The van der Waals surface area contributed by atoms with Crippen LogP contribution < -0.4 is 0 Å². The Balaban J connectivity index is 1.77. The van der Waals surface area contributed by atoms with Crippen LogP contribution in [0.2, 0.25) is 0 Å². The second kappa shape index (κ2) is 10.1. The predicted molar refractivity (Wildman–Crippen MR) is 138 cm³/mol. The first-order valence-corrected chi connectivity index (χ1v) is 12.5. The molecule has 0 aliphatic carbocycles. The minimum atomic E-state index is -0.613. The van der Waals surface area contributed by atoms with E-state index in [0.717, 1.165) is 23.0 Å². The predicted octanol–water partition coefficient (Wildman–Crippen LogP) is 6.29. The van der Waals surface area contributed by atoms with E-state index in [2.05, 4.69) is 72.8 Å². The summed E-state index contributed by atoms with van der Waals surface area (Å²) >= 11 is 1.81. The maximum absolute atomic E-state index is 12.9. The highest BCUT2D eigenvalue weighted by molar-refractivity contribution is 8.01. The Kier molecular flexibility index (Phi) is 7.13. The molecule has 1 heterocycles. The number of nitrogens with zero attached hydrogens (tertiary/aromatic N) is 1. The summed E-state index contributed by atoms with van der Waals surface area (Å²) < 4.78 is 5.11. The molecule has 0 N–H and O–H groups in total. The molecular formula is C29H31NO3S. The molecule has 34 heavy (non-hydrogen) atoms. The first-order chi connectivity index (χ1) is 16.3. The molecule has 1 saturated heterocycles. The van der Waals surface area contributed by atoms with Gasteiger partial charge in [0.05, 0.1) is 10.8 Å². The molecule has 2 atom stereocenters. The van der Waals surface area contributed by atoms with Crippen LogP contribution in [-0.2, 0) is 14.3 Å². The first-order valence-electron chi connectivity index (χ1n) is 11.6. The molecule has 0 saturated carbocycles. The molecule has 3 aromatic carbocycles. The Morgan fingerprint density at radius 3 is 1.68 bits per heavy atom. The summed E-state index contributed by atoms with van der Waals surface area (Å²) in [5.41, 5.74) is 2.87. The monoisotopic (exact) mass is 473 g/mol. The van der Waals surface area contributed by atoms with Crippen LogP contribution in [0.1, 0.15) is 43.9 Å². The number of rotatable bonds is 6. The molecular weight excluding hydrogens is 442 g/mol. The minimum absolute atomic E-state index is 0.0448. The van der Waals surface area contributed by atoms with Crippen molar-refractivity contribution in [1.82, 2.24) is 4.90 Å². The Bertz CT molecular complexity index is 1000. The van der Waals surface area contributed by atoms with E-state index in [0.29, 0.717) is 13.0 Å². The van der Waals surface area contributed by atoms with Crippen LogP contribution >= 0.6 is 11.8 Å². The zero-order valence-electron chi connectivity index (χ0n) is 19.9. The maximum atomic E-state index is 12.9. The van der Waals surface area contributed by atoms with Crippen LogP contribution in [-0.4, -0.2) is 40.7 Å².